The van der Waals surface area contributed by atoms with Gasteiger partial charge in [-0.2, -0.15) is 0 Å². The third-order valence-electron chi connectivity index (χ3n) is 2.60. The number of thiazole rings is 1. The number of aromatic nitrogens is 1. The summed E-state index contributed by atoms with van der Waals surface area (Å²) in [6.07, 6.45) is 1.78. The van der Waals surface area contributed by atoms with Crippen molar-refractivity contribution in [2.45, 2.75) is 26.7 Å². The number of thiophene rings is 1. The number of nitrogens with zero attached hydrogens (tertiary/aromatic N) is 1. The molecular weight excluding hydrogens is 268 g/mol. The number of aryl methyl sites for hydroxylation is 1. The molecule has 0 bridgehead atoms. The number of rotatable bonds is 3. The van der Waals surface area contributed by atoms with Crippen molar-refractivity contribution in [3.05, 3.63) is 21.6 Å². The summed E-state index contributed by atoms with van der Waals surface area (Å²) >= 11 is 2.79. The molecule has 18 heavy (non-hydrogen) atoms. The van der Waals surface area contributed by atoms with Gasteiger partial charge in [0.05, 0.1) is 20.4 Å². The van der Waals surface area contributed by atoms with Gasteiger partial charge in [-0.3, -0.25) is 0 Å². The predicted molar refractivity (Wildman–Crippen MR) is 75.6 cm³/mol. The molecule has 0 atom stereocenters. The van der Waals surface area contributed by atoms with Crippen molar-refractivity contribution in [3.8, 4) is 9.75 Å². The Morgan fingerprint density at radius 3 is 2.56 bits per heavy atom. The normalized spacial score (nSPS) is 11.1. The monoisotopic (exact) mass is 282 g/mol. The Morgan fingerprint density at radius 2 is 2.11 bits per heavy atom. The number of carboxylic acid groups (broad SMARTS) is 1. The molecule has 0 saturated heterocycles. The SMILES string of the molecule is Cc1ncc(-c2sc(C(=O)O)c(N)c2C(C)C)s1. The van der Waals surface area contributed by atoms with Crippen LogP contribution in [-0.2, 0) is 0 Å². The molecule has 96 valence electrons. The molecule has 2 aromatic heterocycles. The van der Waals surface area contributed by atoms with Gasteiger partial charge >= 0.3 is 5.97 Å². The van der Waals surface area contributed by atoms with Gasteiger partial charge in [0, 0.05) is 6.20 Å². The number of nitrogens with two attached hydrogens (primary N) is 1. The van der Waals surface area contributed by atoms with Crippen LogP contribution in [-0.4, -0.2) is 16.1 Å². The van der Waals surface area contributed by atoms with Crippen molar-refractivity contribution in [2.75, 3.05) is 5.73 Å². The van der Waals surface area contributed by atoms with Crippen molar-refractivity contribution >= 4 is 34.3 Å². The number of anilines is 1. The number of aromatic carboxylic acids is 1. The second kappa shape index (κ2) is 4.70. The van der Waals surface area contributed by atoms with Gasteiger partial charge in [-0.1, -0.05) is 13.8 Å². The fourth-order valence-electron chi connectivity index (χ4n) is 1.84. The van der Waals surface area contributed by atoms with Crippen LogP contribution in [0, 0.1) is 6.92 Å². The standard InChI is InChI=1S/C12H14N2O2S2/c1-5(2)8-9(13)11(12(15)16)18-10(8)7-4-14-6(3)17-7/h4-5H,13H2,1-3H3,(H,15,16). The van der Waals surface area contributed by atoms with Crippen LogP contribution in [0.2, 0.25) is 0 Å². The van der Waals surface area contributed by atoms with Gasteiger partial charge in [-0.05, 0) is 18.4 Å². The van der Waals surface area contributed by atoms with Crippen LogP contribution in [0.5, 0.6) is 0 Å². The first kappa shape index (κ1) is 13.0. The smallest absolute Gasteiger partial charge is 0.348 e. The number of hydrogen-bond donors (Lipinski definition) is 2. The van der Waals surface area contributed by atoms with Crippen LogP contribution in [0.15, 0.2) is 6.20 Å². The maximum Gasteiger partial charge on any atom is 0.348 e. The summed E-state index contributed by atoms with van der Waals surface area (Å²) < 4.78 is 0. The molecule has 0 aliphatic heterocycles. The second-order valence-electron chi connectivity index (χ2n) is 4.29. The van der Waals surface area contributed by atoms with E-state index in [1.165, 1.54) is 11.3 Å². The molecule has 0 radical (unpaired) electrons. The number of carboxylic acids is 1. The third kappa shape index (κ3) is 2.13. The predicted octanol–water partition coefficient (Wildman–Crippen LogP) is 3.58. The molecule has 0 saturated carbocycles. The van der Waals surface area contributed by atoms with Gasteiger partial charge < -0.3 is 10.8 Å². The largest absolute Gasteiger partial charge is 0.477 e. The second-order valence-corrected chi connectivity index (χ2v) is 6.55. The van der Waals surface area contributed by atoms with E-state index in [-0.39, 0.29) is 10.8 Å². The van der Waals surface area contributed by atoms with Gasteiger partial charge in [0.15, 0.2) is 0 Å². The zero-order valence-corrected chi connectivity index (χ0v) is 12.0. The summed E-state index contributed by atoms with van der Waals surface area (Å²) in [4.78, 5) is 17.5. The van der Waals surface area contributed by atoms with Crippen molar-refractivity contribution in [2.24, 2.45) is 0 Å². The third-order valence-corrected chi connectivity index (χ3v) is 4.90. The van der Waals surface area contributed by atoms with Crippen molar-refractivity contribution in [1.29, 1.82) is 0 Å². The van der Waals surface area contributed by atoms with Gasteiger partial charge in [-0.25, -0.2) is 9.78 Å². The van der Waals surface area contributed by atoms with E-state index in [1.807, 2.05) is 20.8 Å². The Balaban J connectivity index is 2.66. The molecule has 6 heteroatoms. The molecular formula is C12H14N2O2S2. The first-order chi connectivity index (χ1) is 8.41. The maximum absolute atomic E-state index is 11.2. The van der Waals surface area contributed by atoms with E-state index >= 15 is 0 Å². The highest BCUT2D eigenvalue weighted by molar-refractivity contribution is 7.23. The lowest BCUT2D eigenvalue weighted by Gasteiger charge is -2.07. The molecule has 0 aliphatic carbocycles. The van der Waals surface area contributed by atoms with Gasteiger partial charge in [0.1, 0.15) is 4.88 Å². The Bertz CT molecular complexity index is 599. The minimum absolute atomic E-state index is 0.187. The summed E-state index contributed by atoms with van der Waals surface area (Å²) in [5.41, 5.74) is 7.27. The minimum Gasteiger partial charge on any atom is -0.477 e. The topological polar surface area (TPSA) is 76.2 Å². The van der Waals surface area contributed by atoms with E-state index in [1.54, 1.807) is 17.5 Å². The first-order valence-electron chi connectivity index (χ1n) is 5.50. The molecule has 3 N–H and O–H groups in total. The van der Waals surface area contributed by atoms with E-state index in [2.05, 4.69) is 4.98 Å². The molecule has 0 amide bonds. The highest BCUT2D eigenvalue weighted by Crippen LogP contribution is 2.44. The average Bonchev–Trinajstić information content (AvgIpc) is 2.81. The molecule has 4 nitrogen and oxygen atoms in total. The number of carbonyl (C=O) groups is 1. The average molecular weight is 282 g/mol. The highest BCUT2D eigenvalue weighted by atomic mass is 32.1. The van der Waals surface area contributed by atoms with Gasteiger partial charge in [0.25, 0.3) is 0 Å². The molecule has 0 unspecified atom stereocenters. The van der Waals surface area contributed by atoms with Crippen molar-refractivity contribution in [3.63, 3.8) is 0 Å². The molecule has 0 aromatic carbocycles. The fourth-order valence-corrected chi connectivity index (χ4v) is 3.94. The van der Waals surface area contributed by atoms with Gasteiger partial charge in [-0.15, -0.1) is 22.7 Å². The van der Waals surface area contributed by atoms with Crippen LogP contribution in [0.25, 0.3) is 9.75 Å². The quantitative estimate of drug-likeness (QED) is 0.902. The van der Waals surface area contributed by atoms with Crippen LogP contribution < -0.4 is 5.73 Å². The summed E-state index contributed by atoms with van der Waals surface area (Å²) in [5.74, 6) is -0.779. The number of nitrogen functional groups attached to an aromatic ring is 1. The van der Waals surface area contributed by atoms with Crippen LogP contribution in [0.4, 0.5) is 5.69 Å². The summed E-state index contributed by atoms with van der Waals surface area (Å²) in [5, 5.41) is 10.1. The van der Waals surface area contributed by atoms with E-state index < -0.39 is 5.97 Å². The van der Waals surface area contributed by atoms with Crippen molar-refractivity contribution in [1.82, 2.24) is 4.98 Å². The molecule has 0 fully saturated rings. The molecule has 0 spiro atoms. The van der Waals surface area contributed by atoms with Crippen molar-refractivity contribution < 1.29 is 9.90 Å². The lowest BCUT2D eigenvalue weighted by Crippen LogP contribution is -2.00. The lowest BCUT2D eigenvalue weighted by molar-refractivity contribution is 0.0703. The van der Waals surface area contributed by atoms with E-state index in [9.17, 15) is 4.79 Å². The zero-order valence-electron chi connectivity index (χ0n) is 10.4. The van der Waals surface area contributed by atoms with Crippen LogP contribution in [0.3, 0.4) is 0 Å². The first-order valence-corrected chi connectivity index (χ1v) is 7.13. The lowest BCUT2D eigenvalue weighted by atomic mass is 10.0. The Kier molecular flexibility index (Phi) is 3.41. The minimum atomic E-state index is -0.966. The summed E-state index contributed by atoms with van der Waals surface area (Å²) in [6.45, 7) is 5.96. The maximum atomic E-state index is 11.2. The zero-order chi connectivity index (χ0) is 13.4. The van der Waals surface area contributed by atoms with Crippen LogP contribution >= 0.6 is 22.7 Å². The molecule has 0 aliphatic rings. The fraction of sp³-hybridized carbons (Fsp3) is 0.333. The summed E-state index contributed by atoms with van der Waals surface area (Å²) in [6, 6.07) is 0. The van der Waals surface area contributed by atoms with Gasteiger partial charge in [0.2, 0.25) is 0 Å². The Hall–Kier alpha value is -1.40. The van der Waals surface area contributed by atoms with Crippen LogP contribution in [0.1, 0.15) is 40.0 Å². The number of hydrogen-bond acceptors (Lipinski definition) is 5. The van der Waals surface area contributed by atoms with E-state index in [0.717, 1.165) is 20.3 Å². The summed E-state index contributed by atoms with van der Waals surface area (Å²) in [7, 11) is 0. The molecule has 2 rings (SSSR count). The molecule has 2 aromatic rings. The Labute approximate surface area is 113 Å². The van der Waals surface area contributed by atoms with E-state index in [4.69, 9.17) is 10.8 Å². The molecule has 2 heterocycles. The Morgan fingerprint density at radius 1 is 1.44 bits per heavy atom. The highest BCUT2D eigenvalue weighted by Gasteiger charge is 2.24. The van der Waals surface area contributed by atoms with E-state index in [0.29, 0.717) is 5.69 Å².